The molecular weight excluding hydrogens is 290 g/mol. The number of rotatable bonds is 6. The Morgan fingerprint density at radius 1 is 1.26 bits per heavy atom. The number of hydrogen-bond acceptors (Lipinski definition) is 5. The molecular formula is C17H25N5O. The molecule has 6 nitrogen and oxygen atoms in total. The van der Waals surface area contributed by atoms with E-state index in [4.69, 9.17) is 15.5 Å². The van der Waals surface area contributed by atoms with E-state index in [2.05, 4.69) is 10.1 Å². The number of hydrogen-bond donors (Lipinski definition) is 1. The Hall–Kier alpha value is -1.79. The van der Waals surface area contributed by atoms with Crippen molar-refractivity contribution in [1.82, 2.24) is 19.7 Å². The van der Waals surface area contributed by atoms with Gasteiger partial charge in [-0.1, -0.05) is 6.07 Å². The maximum Gasteiger partial charge on any atom is 0.200 e. The third-order valence-corrected chi connectivity index (χ3v) is 4.38. The van der Waals surface area contributed by atoms with Crippen LogP contribution in [-0.2, 0) is 11.3 Å². The molecule has 0 spiro atoms. The monoisotopic (exact) mass is 315 g/mol. The fraction of sp³-hybridized carbons (Fsp3) is 0.588. The zero-order valence-corrected chi connectivity index (χ0v) is 13.7. The first-order valence-electron chi connectivity index (χ1n) is 8.47. The van der Waals surface area contributed by atoms with E-state index in [1.54, 1.807) is 6.20 Å². The van der Waals surface area contributed by atoms with E-state index in [1.165, 1.54) is 0 Å². The fourth-order valence-corrected chi connectivity index (χ4v) is 3.10. The summed E-state index contributed by atoms with van der Waals surface area (Å²) in [6, 6.07) is 6.14. The van der Waals surface area contributed by atoms with Gasteiger partial charge < -0.3 is 10.5 Å². The smallest absolute Gasteiger partial charge is 0.200 e. The van der Waals surface area contributed by atoms with Crippen molar-refractivity contribution in [2.24, 2.45) is 5.73 Å². The van der Waals surface area contributed by atoms with Crippen LogP contribution < -0.4 is 5.73 Å². The van der Waals surface area contributed by atoms with Crippen LogP contribution in [0.5, 0.6) is 0 Å². The standard InChI is InChI=1S/C17H25N5O/c1-2-23-12-11-22-17(13-6-8-14(18)9-7-13)20-16(21-22)15-5-3-4-10-19-15/h3-5,10,13-14H,2,6-9,11-12,18H2,1H3. The molecule has 3 rings (SSSR count). The third-order valence-electron chi connectivity index (χ3n) is 4.38. The predicted octanol–water partition coefficient (Wildman–Crippen LogP) is 2.36. The second-order valence-corrected chi connectivity index (χ2v) is 6.04. The molecule has 6 heteroatoms. The van der Waals surface area contributed by atoms with Crippen LogP contribution in [-0.4, -0.2) is 39.0 Å². The van der Waals surface area contributed by atoms with Gasteiger partial charge >= 0.3 is 0 Å². The number of pyridine rings is 1. The Kier molecular flexibility index (Phi) is 5.35. The van der Waals surface area contributed by atoms with Gasteiger partial charge in [-0.25, -0.2) is 9.67 Å². The zero-order valence-electron chi connectivity index (χ0n) is 13.7. The van der Waals surface area contributed by atoms with E-state index in [0.29, 0.717) is 24.4 Å². The van der Waals surface area contributed by atoms with E-state index in [9.17, 15) is 0 Å². The summed E-state index contributed by atoms with van der Waals surface area (Å²) in [6.45, 7) is 4.10. The average molecular weight is 315 g/mol. The van der Waals surface area contributed by atoms with Crippen LogP contribution in [0, 0.1) is 0 Å². The van der Waals surface area contributed by atoms with Crippen LogP contribution in [0.15, 0.2) is 24.4 Å². The summed E-state index contributed by atoms with van der Waals surface area (Å²) in [5, 5.41) is 4.68. The molecule has 1 aliphatic carbocycles. The van der Waals surface area contributed by atoms with Gasteiger partial charge in [0.25, 0.3) is 0 Å². The van der Waals surface area contributed by atoms with Crippen molar-refractivity contribution < 1.29 is 4.74 Å². The van der Waals surface area contributed by atoms with Gasteiger partial charge in [-0.3, -0.25) is 4.98 Å². The van der Waals surface area contributed by atoms with Gasteiger partial charge in [-0.2, -0.15) is 0 Å². The minimum absolute atomic E-state index is 0.335. The highest BCUT2D eigenvalue weighted by molar-refractivity contribution is 5.47. The highest BCUT2D eigenvalue weighted by Crippen LogP contribution is 2.32. The molecule has 2 aromatic heterocycles. The highest BCUT2D eigenvalue weighted by atomic mass is 16.5. The number of nitrogens with zero attached hydrogens (tertiary/aromatic N) is 4. The predicted molar refractivity (Wildman–Crippen MR) is 88.9 cm³/mol. The van der Waals surface area contributed by atoms with Crippen molar-refractivity contribution in [2.45, 2.75) is 51.1 Å². The molecule has 2 aromatic rings. The third kappa shape index (κ3) is 3.95. The number of nitrogens with two attached hydrogens (primary N) is 1. The van der Waals surface area contributed by atoms with Gasteiger partial charge in [0.2, 0.25) is 0 Å². The summed E-state index contributed by atoms with van der Waals surface area (Å²) in [6.07, 6.45) is 6.05. The molecule has 1 aliphatic rings. The lowest BCUT2D eigenvalue weighted by Gasteiger charge is -2.25. The molecule has 23 heavy (non-hydrogen) atoms. The molecule has 1 saturated carbocycles. The van der Waals surface area contributed by atoms with Gasteiger partial charge in [0, 0.05) is 24.8 Å². The molecule has 0 atom stereocenters. The lowest BCUT2D eigenvalue weighted by Crippen LogP contribution is -2.27. The van der Waals surface area contributed by atoms with Crippen LogP contribution in [0.4, 0.5) is 0 Å². The summed E-state index contributed by atoms with van der Waals surface area (Å²) >= 11 is 0. The van der Waals surface area contributed by atoms with E-state index in [-0.39, 0.29) is 0 Å². The lowest BCUT2D eigenvalue weighted by molar-refractivity contribution is 0.134. The Morgan fingerprint density at radius 3 is 2.78 bits per heavy atom. The van der Waals surface area contributed by atoms with Crippen molar-refractivity contribution in [3.8, 4) is 11.5 Å². The van der Waals surface area contributed by atoms with Crippen LogP contribution in [0.25, 0.3) is 11.5 Å². The van der Waals surface area contributed by atoms with Crippen molar-refractivity contribution in [1.29, 1.82) is 0 Å². The highest BCUT2D eigenvalue weighted by Gasteiger charge is 2.25. The summed E-state index contributed by atoms with van der Waals surface area (Å²) in [7, 11) is 0. The minimum Gasteiger partial charge on any atom is -0.380 e. The first kappa shape index (κ1) is 16.1. The second kappa shape index (κ2) is 7.66. The van der Waals surface area contributed by atoms with Gasteiger partial charge in [-0.15, -0.1) is 5.10 Å². The Labute approximate surface area is 137 Å². The van der Waals surface area contributed by atoms with E-state index in [0.717, 1.165) is 50.4 Å². The topological polar surface area (TPSA) is 78.8 Å². The van der Waals surface area contributed by atoms with Crippen LogP contribution in [0.1, 0.15) is 44.3 Å². The molecule has 0 saturated heterocycles. The average Bonchev–Trinajstić information content (AvgIpc) is 3.01. The molecule has 0 bridgehead atoms. The molecule has 0 unspecified atom stereocenters. The zero-order chi connectivity index (χ0) is 16.1. The molecule has 2 N–H and O–H groups in total. The van der Waals surface area contributed by atoms with Gasteiger partial charge in [-0.05, 0) is 44.7 Å². The molecule has 0 aliphatic heterocycles. The largest absolute Gasteiger partial charge is 0.380 e. The van der Waals surface area contributed by atoms with E-state index < -0.39 is 0 Å². The van der Waals surface area contributed by atoms with Crippen LogP contribution in [0.2, 0.25) is 0 Å². The van der Waals surface area contributed by atoms with Crippen molar-refractivity contribution in [2.75, 3.05) is 13.2 Å². The fourth-order valence-electron chi connectivity index (χ4n) is 3.10. The molecule has 0 amide bonds. The lowest BCUT2D eigenvalue weighted by atomic mass is 9.86. The quantitative estimate of drug-likeness (QED) is 0.828. The van der Waals surface area contributed by atoms with Crippen molar-refractivity contribution >= 4 is 0 Å². The molecule has 2 heterocycles. The van der Waals surface area contributed by atoms with Crippen molar-refractivity contribution in [3.63, 3.8) is 0 Å². The van der Waals surface area contributed by atoms with Gasteiger partial charge in [0.15, 0.2) is 5.82 Å². The summed E-state index contributed by atoms with van der Waals surface area (Å²) in [5.74, 6) is 2.19. The first-order valence-corrected chi connectivity index (χ1v) is 8.47. The maximum atomic E-state index is 6.03. The summed E-state index contributed by atoms with van der Waals surface area (Å²) in [5.41, 5.74) is 6.85. The molecule has 1 fully saturated rings. The second-order valence-electron chi connectivity index (χ2n) is 6.04. The number of ether oxygens (including phenoxy) is 1. The van der Waals surface area contributed by atoms with Crippen LogP contribution in [0.3, 0.4) is 0 Å². The van der Waals surface area contributed by atoms with Gasteiger partial charge in [0.05, 0.1) is 13.2 Å². The van der Waals surface area contributed by atoms with Gasteiger partial charge in [0.1, 0.15) is 11.5 Å². The Morgan fingerprint density at radius 2 is 2.09 bits per heavy atom. The summed E-state index contributed by atoms with van der Waals surface area (Å²) < 4.78 is 7.49. The molecule has 0 aromatic carbocycles. The first-order chi connectivity index (χ1) is 11.3. The normalized spacial score (nSPS) is 21.5. The minimum atomic E-state index is 0.335. The number of aromatic nitrogens is 4. The SMILES string of the molecule is CCOCCn1nc(-c2ccccn2)nc1C1CCC(N)CC1. The summed E-state index contributed by atoms with van der Waals surface area (Å²) in [4.78, 5) is 9.17. The maximum absolute atomic E-state index is 6.03. The Bertz CT molecular complexity index is 605. The van der Waals surface area contributed by atoms with E-state index >= 15 is 0 Å². The van der Waals surface area contributed by atoms with Crippen molar-refractivity contribution in [3.05, 3.63) is 30.2 Å². The van der Waals surface area contributed by atoms with Crippen LogP contribution >= 0.6 is 0 Å². The van der Waals surface area contributed by atoms with E-state index in [1.807, 2.05) is 29.8 Å². The molecule has 0 radical (unpaired) electrons. The molecule has 124 valence electrons. The Balaban J connectivity index is 1.84.